The predicted octanol–water partition coefficient (Wildman–Crippen LogP) is 5.47. The lowest BCUT2D eigenvalue weighted by molar-refractivity contribution is 1.17. The van der Waals surface area contributed by atoms with E-state index in [9.17, 15) is 0 Å². The van der Waals surface area contributed by atoms with E-state index in [2.05, 4.69) is 34.4 Å². The molecule has 0 fully saturated rings. The molecule has 0 saturated heterocycles. The van der Waals surface area contributed by atoms with Gasteiger partial charge in [0.05, 0.1) is 0 Å². The van der Waals surface area contributed by atoms with Crippen LogP contribution in [0.4, 0.5) is 28.7 Å². The number of hydrogen-bond donors (Lipinski definition) is 3. The molecule has 0 saturated carbocycles. The van der Waals surface area contributed by atoms with Gasteiger partial charge in [0, 0.05) is 21.4 Å². The molecule has 4 N–H and O–H groups in total. The Bertz CT molecular complexity index is 907. The molecule has 0 radical (unpaired) electrons. The quantitative estimate of drug-likeness (QED) is 0.565. The Labute approximate surface area is 156 Å². The van der Waals surface area contributed by atoms with Crippen LogP contribution in [0.3, 0.4) is 0 Å². The molecule has 0 spiro atoms. The van der Waals surface area contributed by atoms with Gasteiger partial charge in [-0.2, -0.15) is 0 Å². The lowest BCUT2D eigenvalue weighted by atomic mass is 10.1. The Morgan fingerprint density at radius 2 is 1.40 bits per heavy atom. The van der Waals surface area contributed by atoms with Crippen molar-refractivity contribution in [1.29, 1.82) is 0 Å². The van der Waals surface area contributed by atoms with Gasteiger partial charge in [-0.1, -0.05) is 29.3 Å². The number of nitrogens with one attached hydrogen (secondary N) is 2. The van der Waals surface area contributed by atoms with Crippen LogP contribution in [-0.4, -0.2) is 9.97 Å². The number of benzene rings is 2. The van der Waals surface area contributed by atoms with Crippen molar-refractivity contribution >= 4 is 51.9 Å². The van der Waals surface area contributed by atoms with E-state index >= 15 is 0 Å². The molecule has 1 heterocycles. The normalized spacial score (nSPS) is 10.6. The topological polar surface area (TPSA) is 75.9 Å². The van der Waals surface area contributed by atoms with Gasteiger partial charge < -0.3 is 16.4 Å². The number of nitrogens with two attached hydrogens (primary N) is 1. The fourth-order valence-electron chi connectivity index (χ4n) is 2.31. The van der Waals surface area contributed by atoms with E-state index in [4.69, 9.17) is 28.9 Å². The van der Waals surface area contributed by atoms with Gasteiger partial charge in [0.25, 0.3) is 0 Å². The average Bonchev–Trinajstić information content (AvgIpc) is 2.54. The summed E-state index contributed by atoms with van der Waals surface area (Å²) in [5, 5.41) is 7.38. The minimum Gasteiger partial charge on any atom is -0.393 e. The third kappa shape index (κ3) is 4.13. The number of aryl methyl sites for hydroxylation is 2. The summed E-state index contributed by atoms with van der Waals surface area (Å²) >= 11 is 12.0. The van der Waals surface area contributed by atoms with E-state index < -0.39 is 0 Å². The van der Waals surface area contributed by atoms with E-state index in [1.165, 1.54) is 17.5 Å². The summed E-state index contributed by atoms with van der Waals surface area (Å²) in [6.07, 6.45) is 1.44. The van der Waals surface area contributed by atoms with Crippen LogP contribution in [0, 0.1) is 13.8 Å². The lowest BCUT2D eigenvalue weighted by Gasteiger charge is -2.13. The van der Waals surface area contributed by atoms with Gasteiger partial charge in [0.1, 0.15) is 12.0 Å². The highest BCUT2D eigenvalue weighted by molar-refractivity contribution is 6.35. The van der Waals surface area contributed by atoms with Crippen molar-refractivity contribution < 1.29 is 0 Å². The SMILES string of the molecule is Cc1ccc(Nc2ncnc(Nc3cc(Cl)cc(Cl)c3)c2N)cc1C. The fourth-order valence-corrected chi connectivity index (χ4v) is 2.84. The third-order valence-corrected chi connectivity index (χ3v) is 4.22. The second kappa shape index (κ2) is 7.17. The first-order valence-electron chi connectivity index (χ1n) is 7.60. The van der Waals surface area contributed by atoms with Crippen molar-refractivity contribution in [3.05, 3.63) is 63.9 Å². The first kappa shape index (κ1) is 17.3. The first-order chi connectivity index (χ1) is 11.9. The smallest absolute Gasteiger partial charge is 0.159 e. The molecule has 0 aliphatic carbocycles. The molecule has 5 nitrogen and oxygen atoms in total. The molecule has 7 heteroatoms. The summed E-state index contributed by atoms with van der Waals surface area (Å²) in [6.45, 7) is 4.12. The van der Waals surface area contributed by atoms with Gasteiger partial charge in [-0.15, -0.1) is 0 Å². The van der Waals surface area contributed by atoms with Crippen LogP contribution in [0.5, 0.6) is 0 Å². The molecular weight excluding hydrogens is 357 g/mol. The highest BCUT2D eigenvalue weighted by Crippen LogP contribution is 2.30. The van der Waals surface area contributed by atoms with E-state index in [0.717, 1.165) is 5.69 Å². The van der Waals surface area contributed by atoms with Crippen molar-refractivity contribution in [2.75, 3.05) is 16.4 Å². The Morgan fingerprint density at radius 1 is 0.800 bits per heavy atom. The summed E-state index contributed by atoms with van der Waals surface area (Å²) in [7, 11) is 0. The van der Waals surface area contributed by atoms with Crippen LogP contribution in [0.15, 0.2) is 42.7 Å². The van der Waals surface area contributed by atoms with Crippen LogP contribution in [0.25, 0.3) is 0 Å². The molecule has 0 aliphatic rings. The lowest BCUT2D eigenvalue weighted by Crippen LogP contribution is -2.05. The number of aromatic nitrogens is 2. The minimum atomic E-state index is 0.400. The number of halogens is 2. The molecule has 0 amide bonds. The Balaban J connectivity index is 1.87. The standard InChI is InChI=1S/C18H17Cl2N5/c1-10-3-4-14(5-11(10)2)24-17-16(21)18(23-9-22-17)25-15-7-12(19)6-13(20)8-15/h3-9H,21H2,1-2H3,(H2,22,23,24,25). The van der Waals surface area contributed by atoms with Gasteiger partial charge in [-0.05, 0) is 55.3 Å². The number of nitrogen functional groups attached to an aromatic ring is 1. The summed E-state index contributed by atoms with van der Waals surface area (Å²) in [5.74, 6) is 0.994. The van der Waals surface area contributed by atoms with Crippen molar-refractivity contribution in [3.8, 4) is 0 Å². The van der Waals surface area contributed by atoms with E-state index in [1.54, 1.807) is 18.2 Å². The van der Waals surface area contributed by atoms with Crippen molar-refractivity contribution in [2.24, 2.45) is 0 Å². The van der Waals surface area contributed by atoms with Crippen LogP contribution in [-0.2, 0) is 0 Å². The highest BCUT2D eigenvalue weighted by Gasteiger charge is 2.10. The molecular formula is C18H17Cl2N5. The number of rotatable bonds is 4. The van der Waals surface area contributed by atoms with Gasteiger partial charge >= 0.3 is 0 Å². The van der Waals surface area contributed by atoms with Gasteiger partial charge in [-0.3, -0.25) is 0 Å². The van der Waals surface area contributed by atoms with E-state index in [1.807, 2.05) is 18.2 Å². The summed E-state index contributed by atoms with van der Waals surface area (Å²) < 4.78 is 0. The predicted molar refractivity (Wildman–Crippen MR) is 105 cm³/mol. The van der Waals surface area contributed by atoms with Crippen LogP contribution in [0.1, 0.15) is 11.1 Å². The Hall–Kier alpha value is -2.50. The summed E-state index contributed by atoms with van der Waals surface area (Å²) in [5.41, 5.74) is 10.6. The molecule has 25 heavy (non-hydrogen) atoms. The molecule has 0 bridgehead atoms. The Kier molecular flexibility index (Phi) is 4.97. The maximum absolute atomic E-state index is 6.21. The molecule has 0 atom stereocenters. The maximum atomic E-state index is 6.21. The monoisotopic (exact) mass is 373 g/mol. The third-order valence-electron chi connectivity index (χ3n) is 3.78. The van der Waals surface area contributed by atoms with Crippen molar-refractivity contribution in [1.82, 2.24) is 9.97 Å². The molecule has 3 rings (SSSR count). The van der Waals surface area contributed by atoms with Gasteiger partial charge in [-0.25, -0.2) is 9.97 Å². The van der Waals surface area contributed by atoms with Crippen LogP contribution in [0.2, 0.25) is 10.0 Å². The van der Waals surface area contributed by atoms with Gasteiger partial charge in [0.15, 0.2) is 11.6 Å². The zero-order valence-electron chi connectivity index (χ0n) is 13.8. The molecule has 0 unspecified atom stereocenters. The van der Waals surface area contributed by atoms with Crippen molar-refractivity contribution in [3.63, 3.8) is 0 Å². The number of hydrogen-bond acceptors (Lipinski definition) is 5. The molecule has 3 aromatic rings. The molecule has 0 aliphatic heterocycles. The van der Waals surface area contributed by atoms with Crippen LogP contribution >= 0.6 is 23.2 Å². The van der Waals surface area contributed by atoms with E-state index in [0.29, 0.717) is 33.1 Å². The van der Waals surface area contributed by atoms with Crippen molar-refractivity contribution in [2.45, 2.75) is 13.8 Å². The number of anilines is 5. The van der Waals surface area contributed by atoms with Crippen LogP contribution < -0.4 is 16.4 Å². The van der Waals surface area contributed by atoms with Gasteiger partial charge in [0.2, 0.25) is 0 Å². The fraction of sp³-hybridized carbons (Fsp3) is 0.111. The van der Waals surface area contributed by atoms with E-state index in [-0.39, 0.29) is 0 Å². The number of nitrogens with zero attached hydrogens (tertiary/aromatic N) is 2. The second-order valence-electron chi connectivity index (χ2n) is 5.69. The molecule has 2 aromatic carbocycles. The average molecular weight is 374 g/mol. The second-order valence-corrected chi connectivity index (χ2v) is 6.56. The molecule has 128 valence electrons. The maximum Gasteiger partial charge on any atom is 0.159 e. The first-order valence-corrected chi connectivity index (χ1v) is 8.36. The highest BCUT2D eigenvalue weighted by atomic mass is 35.5. The minimum absolute atomic E-state index is 0.400. The molecule has 1 aromatic heterocycles. The zero-order valence-corrected chi connectivity index (χ0v) is 15.3. The zero-order chi connectivity index (χ0) is 18.0. The largest absolute Gasteiger partial charge is 0.393 e. The summed E-state index contributed by atoms with van der Waals surface area (Å²) in [4.78, 5) is 8.42. The Morgan fingerprint density at radius 3 is 2.00 bits per heavy atom. The summed E-state index contributed by atoms with van der Waals surface area (Å²) in [6, 6.07) is 11.2.